The van der Waals surface area contributed by atoms with Gasteiger partial charge in [-0.05, 0) is 6.92 Å². The summed E-state index contributed by atoms with van der Waals surface area (Å²) in [7, 11) is 0. The summed E-state index contributed by atoms with van der Waals surface area (Å²) in [5.74, 6) is -1.19. The summed E-state index contributed by atoms with van der Waals surface area (Å²) in [5.41, 5.74) is 0. The number of aliphatic carboxylic acids is 1. The molecule has 82 valence electrons. The highest BCUT2D eigenvalue weighted by atomic mass is 16.4. The number of rotatable bonds is 3. The summed E-state index contributed by atoms with van der Waals surface area (Å²) in [6.45, 7) is 0.468. The maximum atomic E-state index is 9.45. The Hall–Kier alpha value is -0.730. The first-order chi connectivity index (χ1) is 5.45. The van der Waals surface area contributed by atoms with Gasteiger partial charge in [0.1, 0.15) is 12.2 Å². The van der Waals surface area contributed by atoms with Crippen molar-refractivity contribution in [3.05, 3.63) is 0 Å². The molecule has 0 saturated carbocycles. The van der Waals surface area contributed by atoms with Crippen LogP contribution in [0.2, 0.25) is 0 Å². The first kappa shape index (κ1) is 18.1. The minimum atomic E-state index is -1.23. The highest BCUT2D eigenvalue weighted by Gasteiger charge is 2.01. The molecule has 1 atom stereocenters. The predicted octanol–water partition coefficient (Wildman–Crippen LogP) is -3.04. The Morgan fingerprint density at radius 2 is 1.46 bits per heavy atom. The fourth-order valence-electron chi connectivity index (χ4n) is 0.0577. The fourth-order valence-corrected chi connectivity index (χ4v) is 0.0577. The number of aliphatic hydroxyl groups excluding tert-OH is 4. The fraction of sp³-hybridized carbons (Fsp3) is 0.833. The number of carboxylic acids is 1. The molecule has 7 nitrogen and oxygen atoms in total. The van der Waals surface area contributed by atoms with Gasteiger partial charge in [-0.15, -0.1) is 0 Å². The molecule has 0 fully saturated rings. The van der Waals surface area contributed by atoms with Crippen molar-refractivity contribution >= 4 is 5.97 Å². The molecule has 0 aliphatic heterocycles. The van der Waals surface area contributed by atoms with Gasteiger partial charge in [-0.3, -0.25) is 0 Å². The number of carboxylic acid groups (broad SMARTS) is 1. The van der Waals surface area contributed by atoms with E-state index >= 15 is 0 Å². The van der Waals surface area contributed by atoms with E-state index in [-0.39, 0.29) is 18.7 Å². The highest BCUT2D eigenvalue weighted by molar-refractivity contribution is 5.71. The Morgan fingerprint density at radius 1 is 1.23 bits per heavy atom. The van der Waals surface area contributed by atoms with Crippen LogP contribution in [0.1, 0.15) is 6.92 Å². The number of aliphatic hydroxyl groups is 4. The molecule has 0 saturated heterocycles. The van der Waals surface area contributed by atoms with Crippen LogP contribution in [-0.2, 0) is 4.79 Å². The normalized spacial score (nSPS) is 10.9. The third-order valence-corrected chi connectivity index (χ3v) is 0.779. The molecular weight excluding hydrogens is 184 g/mol. The Bertz CT molecular complexity index is 110. The van der Waals surface area contributed by atoms with Gasteiger partial charge in [-0.25, -0.2) is 4.79 Å². The van der Waals surface area contributed by atoms with Gasteiger partial charge in [0, 0.05) is 0 Å². The Kier molecular flexibility index (Phi) is 15.7. The number of carbonyl (C=O) groups is 1. The summed E-state index contributed by atoms with van der Waals surface area (Å²) in [5, 5.41) is 39.8. The van der Waals surface area contributed by atoms with Gasteiger partial charge < -0.3 is 31.0 Å². The maximum absolute atomic E-state index is 9.45. The molecule has 0 rings (SSSR count). The second-order valence-electron chi connectivity index (χ2n) is 2.03. The lowest BCUT2D eigenvalue weighted by Crippen LogP contribution is -2.15. The lowest BCUT2D eigenvalue weighted by Gasteiger charge is -1.96. The van der Waals surface area contributed by atoms with Crippen molar-refractivity contribution in [2.75, 3.05) is 13.2 Å². The monoisotopic (exact) mass is 200 g/mol. The van der Waals surface area contributed by atoms with Crippen LogP contribution in [0.15, 0.2) is 0 Å². The summed E-state index contributed by atoms with van der Waals surface area (Å²) in [6, 6.07) is 0. The molecule has 13 heavy (non-hydrogen) atoms. The van der Waals surface area contributed by atoms with E-state index in [1.54, 1.807) is 0 Å². The van der Waals surface area contributed by atoms with Gasteiger partial charge in [0.05, 0.1) is 13.2 Å². The molecule has 7 heteroatoms. The molecule has 0 aliphatic rings. The average Bonchev–Trinajstić information content (AvgIpc) is 2.04. The van der Waals surface area contributed by atoms with Crippen LogP contribution in [-0.4, -0.2) is 62.4 Å². The summed E-state index contributed by atoms with van der Waals surface area (Å²) < 4.78 is 0. The smallest absolute Gasteiger partial charge is 0.332 e. The second-order valence-corrected chi connectivity index (χ2v) is 2.03. The van der Waals surface area contributed by atoms with E-state index in [4.69, 9.17) is 25.5 Å². The van der Waals surface area contributed by atoms with Crippen LogP contribution in [0, 0.1) is 0 Å². The molecular formula is C6H16O7. The molecule has 0 bridgehead atoms. The van der Waals surface area contributed by atoms with E-state index in [1.165, 1.54) is 6.92 Å². The van der Waals surface area contributed by atoms with Crippen molar-refractivity contribution < 1.29 is 35.8 Å². The second kappa shape index (κ2) is 11.3. The summed E-state index contributed by atoms with van der Waals surface area (Å²) in [4.78, 5) is 9.45. The zero-order chi connectivity index (χ0) is 10.1. The Balaban J connectivity index is -0.000000143. The van der Waals surface area contributed by atoms with Crippen molar-refractivity contribution in [3.63, 3.8) is 0 Å². The van der Waals surface area contributed by atoms with Crippen LogP contribution in [0.25, 0.3) is 0 Å². The van der Waals surface area contributed by atoms with E-state index < -0.39 is 18.2 Å². The van der Waals surface area contributed by atoms with Crippen LogP contribution in [0.3, 0.4) is 0 Å². The minimum Gasteiger partial charge on any atom is -0.479 e. The van der Waals surface area contributed by atoms with Gasteiger partial charge in [-0.1, -0.05) is 0 Å². The SMILES string of the molecule is CC(O)C(=O)O.O.OCC(O)CO. The van der Waals surface area contributed by atoms with Crippen LogP contribution in [0.5, 0.6) is 0 Å². The number of hydrogen-bond acceptors (Lipinski definition) is 5. The maximum Gasteiger partial charge on any atom is 0.332 e. The largest absolute Gasteiger partial charge is 0.479 e. The molecule has 0 aliphatic carbocycles. The zero-order valence-electron chi connectivity index (χ0n) is 7.21. The Labute approximate surface area is 75.2 Å². The molecule has 1 unspecified atom stereocenters. The number of hydrogen-bond donors (Lipinski definition) is 5. The van der Waals surface area contributed by atoms with Crippen molar-refractivity contribution in [1.82, 2.24) is 0 Å². The van der Waals surface area contributed by atoms with Crippen molar-refractivity contribution in [1.29, 1.82) is 0 Å². The van der Waals surface area contributed by atoms with Gasteiger partial charge in [0.15, 0.2) is 0 Å². The Morgan fingerprint density at radius 3 is 1.46 bits per heavy atom. The van der Waals surface area contributed by atoms with Gasteiger partial charge >= 0.3 is 5.97 Å². The van der Waals surface area contributed by atoms with E-state index in [9.17, 15) is 4.79 Å². The molecule has 0 aromatic carbocycles. The zero-order valence-corrected chi connectivity index (χ0v) is 7.21. The van der Waals surface area contributed by atoms with Crippen molar-refractivity contribution in [2.45, 2.75) is 19.1 Å². The molecule has 0 aromatic heterocycles. The molecule has 0 amide bonds. The minimum absolute atomic E-state index is 0. The molecule has 0 spiro atoms. The van der Waals surface area contributed by atoms with Gasteiger partial charge in [-0.2, -0.15) is 0 Å². The van der Waals surface area contributed by atoms with Gasteiger partial charge in [0.2, 0.25) is 0 Å². The molecule has 7 N–H and O–H groups in total. The standard InChI is InChI=1S/C3H8O3.C3H6O3.H2O/c4-1-3(6)2-5;1-2(4)3(5)6;/h3-6H,1-2H2;2,4H,1H3,(H,5,6);1H2. The van der Waals surface area contributed by atoms with Gasteiger partial charge in [0.25, 0.3) is 0 Å². The van der Waals surface area contributed by atoms with E-state index in [0.29, 0.717) is 0 Å². The third kappa shape index (κ3) is 18.3. The lowest BCUT2D eigenvalue weighted by atomic mass is 10.4. The molecule has 0 aromatic rings. The van der Waals surface area contributed by atoms with Crippen LogP contribution >= 0.6 is 0 Å². The van der Waals surface area contributed by atoms with E-state index in [2.05, 4.69) is 0 Å². The van der Waals surface area contributed by atoms with E-state index in [0.717, 1.165) is 0 Å². The molecule has 0 heterocycles. The van der Waals surface area contributed by atoms with Crippen molar-refractivity contribution in [3.8, 4) is 0 Å². The topological polar surface area (TPSA) is 150 Å². The molecule has 0 radical (unpaired) electrons. The predicted molar refractivity (Wildman–Crippen MR) is 43.1 cm³/mol. The summed E-state index contributed by atoms with van der Waals surface area (Å²) in [6.07, 6.45) is -2.19. The van der Waals surface area contributed by atoms with E-state index in [1.807, 2.05) is 0 Å². The first-order valence-corrected chi connectivity index (χ1v) is 3.26. The lowest BCUT2D eigenvalue weighted by molar-refractivity contribution is -0.145. The van der Waals surface area contributed by atoms with Crippen molar-refractivity contribution in [2.24, 2.45) is 0 Å². The average molecular weight is 200 g/mol. The van der Waals surface area contributed by atoms with Crippen LogP contribution in [0.4, 0.5) is 0 Å². The summed E-state index contributed by atoms with van der Waals surface area (Å²) >= 11 is 0. The quantitative estimate of drug-likeness (QED) is 0.327. The first-order valence-electron chi connectivity index (χ1n) is 3.26. The third-order valence-electron chi connectivity index (χ3n) is 0.779. The highest BCUT2D eigenvalue weighted by Crippen LogP contribution is 1.73. The van der Waals surface area contributed by atoms with Crippen LogP contribution < -0.4 is 0 Å².